The number of allylic oxidation sites excluding steroid dienone is 3. The zero-order valence-electron chi connectivity index (χ0n) is 21.1. The standard InChI is InChI=1S/C30H31N5O2/c1-33-12-14-34(15-13-33)18-22-8-11-24-19-35(20-25(24)16-22)28(36)17-21-6-9-23(10-7-21)29-26-4-2-3-5-27(26)30(37)32-31-29/h2-11,16,27H,12-15,17-20H2,1H3. The number of benzene rings is 2. The number of amides is 2. The van der Waals surface area contributed by atoms with Gasteiger partial charge in [-0.15, -0.1) is 10.2 Å². The SMILES string of the molecule is CN1CCN(Cc2ccc3c(c2)CN(C(=O)Cc2ccc(C4=C5C=CC=CC5C(=O)N=N4)cc2)C3)CC1. The summed E-state index contributed by atoms with van der Waals surface area (Å²) in [5, 5.41) is 8.01. The van der Waals surface area contributed by atoms with Gasteiger partial charge in [0.1, 0.15) is 0 Å². The van der Waals surface area contributed by atoms with Crippen molar-refractivity contribution in [2.24, 2.45) is 16.1 Å². The lowest BCUT2D eigenvalue weighted by molar-refractivity contribution is -0.131. The summed E-state index contributed by atoms with van der Waals surface area (Å²) >= 11 is 0. The molecule has 2 aromatic carbocycles. The molecule has 2 amide bonds. The Morgan fingerprint density at radius 2 is 1.68 bits per heavy atom. The van der Waals surface area contributed by atoms with Crippen molar-refractivity contribution >= 4 is 17.5 Å². The zero-order valence-corrected chi connectivity index (χ0v) is 21.1. The smallest absolute Gasteiger partial charge is 0.276 e. The molecule has 188 valence electrons. The van der Waals surface area contributed by atoms with E-state index < -0.39 is 0 Å². The average Bonchev–Trinajstić information content (AvgIpc) is 3.35. The first kappa shape index (κ1) is 23.7. The minimum absolute atomic E-state index is 0.134. The van der Waals surface area contributed by atoms with Crippen molar-refractivity contribution in [3.63, 3.8) is 0 Å². The largest absolute Gasteiger partial charge is 0.334 e. The van der Waals surface area contributed by atoms with Gasteiger partial charge < -0.3 is 9.80 Å². The molecule has 0 radical (unpaired) electrons. The van der Waals surface area contributed by atoms with Crippen molar-refractivity contribution in [2.75, 3.05) is 33.2 Å². The van der Waals surface area contributed by atoms with Crippen LogP contribution >= 0.6 is 0 Å². The summed E-state index contributed by atoms with van der Waals surface area (Å²) in [5.74, 6) is -0.466. The van der Waals surface area contributed by atoms with Gasteiger partial charge in [-0.3, -0.25) is 14.5 Å². The molecule has 0 bridgehead atoms. The third-order valence-corrected chi connectivity index (χ3v) is 7.74. The Morgan fingerprint density at radius 3 is 2.49 bits per heavy atom. The summed E-state index contributed by atoms with van der Waals surface area (Å²) in [4.78, 5) is 32.1. The minimum atomic E-state index is -0.363. The van der Waals surface area contributed by atoms with Gasteiger partial charge in [0, 0.05) is 51.4 Å². The van der Waals surface area contributed by atoms with Crippen LogP contribution in [-0.4, -0.2) is 59.7 Å². The fourth-order valence-corrected chi connectivity index (χ4v) is 5.48. The van der Waals surface area contributed by atoms with Crippen LogP contribution in [-0.2, 0) is 35.6 Å². The van der Waals surface area contributed by atoms with E-state index in [1.165, 1.54) is 16.7 Å². The highest BCUT2D eigenvalue weighted by Crippen LogP contribution is 2.34. The van der Waals surface area contributed by atoms with Crippen molar-refractivity contribution in [3.05, 3.63) is 100 Å². The Labute approximate surface area is 217 Å². The predicted octanol–water partition coefficient (Wildman–Crippen LogP) is 3.96. The predicted molar refractivity (Wildman–Crippen MR) is 142 cm³/mol. The number of fused-ring (bicyclic) bond motifs is 2. The molecule has 2 aromatic rings. The molecular formula is C30H31N5O2. The normalized spacial score (nSPS) is 21.5. The Morgan fingerprint density at radius 1 is 0.919 bits per heavy atom. The van der Waals surface area contributed by atoms with Crippen LogP contribution < -0.4 is 0 Å². The maximum Gasteiger partial charge on any atom is 0.276 e. The Hall–Kier alpha value is -3.68. The molecule has 3 aliphatic heterocycles. The number of rotatable bonds is 5. The summed E-state index contributed by atoms with van der Waals surface area (Å²) in [6, 6.07) is 14.6. The van der Waals surface area contributed by atoms with E-state index in [1.54, 1.807) is 0 Å². The van der Waals surface area contributed by atoms with Crippen molar-refractivity contribution in [1.29, 1.82) is 0 Å². The first-order valence-electron chi connectivity index (χ1n) is 13.0. The maximum absolute atomic E-state index is 13.1. The number of azo groups is 1. The number of likely N-dealkylation sites (N-methyl/N-ethyl adjacent to an activating group) is 1. The molecule has 7 nitrogen and oxygen atoms in total. The highest BCUT2D eigenvalue weighted by atomic mass is 16.2. The van der Waals surface area contributed by atoms with Crippen LogP contribution in [0.15, 0.2) is 82.6 Å². The fraction of sp³-hybridized carbons (Fsp3) is 0.333. The Kier molecular flexibility index (Phi) is 6.40. The van der Waals surface area contributed by atoms with Crippen LogP contribution in [0.3, 0.4) is 0 Å². The minimum Gasteiger partial charge on any atom is -0.334 e. The van der Waals surface area contributed by atoms with E-state index in [9.17, 15) is 9.59 Å². The third kappa shape index (κ3) is 4.97. The van der Waals surface area contributed by atoms with E-state index in [0.29, 0.717) is 25.2 Å². The molecule has 0 saturated carbocycles. The van der Waals surface area contributed by atoms with Crippen LogP contribution in [0, 0.1) is 5.92 Å². The second-order valence-electron chi connectivity index (χ2n) is 10.4. The second-order valence-corrected chi connectivity index (χ2v) is 10.4. The highest BCUT2D eigenvalue weighted by Gasteiger charge is 2.28. The molecular weight excluding hydrogens is 462 g/mol. The Balaban J connectivity index is 1.09. The number of nitrogens with zero attached hydrogens (tertiary/aromatic N) is 5. The molecule has 1 fully saturated rings. The number of piperazine rings is 1. The van der Waals surface area contributed by atoms with Crippen LogP contribution in [0.5, 0.6) is 0 Å². The monoisotopic (exact) mass is 493 g/mol. The summed E-state index contributed by atoms with van der Waals surface area (Å²) in [7, 11) is 2.18. The van der Waals surface area contributed by atoms with Crippen LogP contribution in [0.25, 0.3) is 5.70 Å². The van der Waals surface area contributed by atoms with E-state index >= 15 is 0 Å². The molecule has 6 rings (SSSR count). The summed E-state index contributed by atoms with van der Waals surface area (Å²) in [6.45, 7) is 6.76. The molecule has 1 aliphatic carbocycles. The summed E-state index contributed by atoms with van der Waals surface area (Å²) < 4.78 is 0. The van der Waals surface area contributed by atoms with Gasteiger partial charge in [-0.25, -0.2) is 0 Å². The quantitative estimate of drug-likeness (QED) is 0.632. The van der Waals surface area contributed by atoms with Gasteiger partial charge in [-0.2, -0.15) is 0 Å². The fourth-order valence-electron chi connectivity index (χ4n) is 5.48. The van der Waals surface area contributed by atoms with E-state index in [2.05, 4.69) is 45.3 Å². The number of hydrogen-bond donors (Lipinski definition) is 0. The second kappa shape index (κ2) is 10.00. The van der Waals surface area contributed by atoms with E-state index in [0.717, 1.165) is 49.4 Å². The lowest BCUT2D eigenvalue weighted by Crippen LogP contribution is -2.43. The van der Waals surface area contributed by atoms with Gasteiger partial charge in [0.05, 0.1) is 18.0 Å². The first-order valence-corrected chi connectivity index (χ1v) is 13.0. The molecule has 37 heavy (non-hydrogen) atoms. The molecule has 0 spiro atoms. The van der Waals surface area contributed by atoms with Gasteiger partial charge in [0.25, 0.3) is 5.91 Å². The molecule has 7 heteroatoms. The summed E-state index contributed by atoms with van der Waals surface area (Å²) in [6.07, 6.45) is 7.92. The molecule has 4 aliphatic rings. The van der Waals surface area contributed by atoms with E-state index in [1.807, 2.05) is 53.5 Å². The van der Waals surface area contributed by atoms with Gasteiger partial charge in [-0.1, -0.05) is 66.8 Å². The summed E-state index contributed by atoms with van der Waals surface area (Å²) in [5.41, 5.74) is 7.29. The van der Waals surface area contributed by atoms with E-state index in [-0.39, 0.29) is 17.7 Å². The average molecular weight is 494 g/mol. The van der Waals surface area contributed by atoms with Gasteiger partial charge in [0.15, 0.2) is 0 Å². The van der Waals surface area contributed by atoms with Crippen LogP contribution in [0.4, 0.5) is 0 Å². The molecule has 3 heterocycles. The first-order chi connectivity index (χ1) is 18.0. The maximum atomic E-state index is 13.1. The number of hydrogen-bond acceptors (Lipinski definition) is 5. The van der Waals surface area contributed by atoms with E-state index in [4.69, 9.17) is 0 Å². The number of carbonyl (C=O) groups is 2. The van der Waals surface area contributed by atoms with Crippen LogP contribution in [0.2, 0.25) is 0 Å². The Bertz CT molecular complexity index is 1350. The topological polar surface area (TPSA) is 68.6 Å². The molecule has 1 unspecified atom stereocenters. The molecule has 0 aromatic heterocycles. The van der Waals surface area contributed by atoms with Gasteiger partial charge in [0.2, 0.25) is 5.91 Å². The lowest BCUT2D eigenvalue weighted by atomic mass is 9.89. The van der Waals surface area contributed by atoms with Crippen molar-refractivity contribution in [3.8, 4) is 0 Å². The van der Waals surface area contributed by atoms with Gasteiger partial charge >= 0.3 is 0 Å². The number of carbonyl (C=O) groups excluding carboxylic acids is 2. The van der Waals surface area contributed by atoms with Crippen molar-refractivity contribution in [2.45, 2.75) is 26.1 Å². The van der Waals surface area contributed by atoms with Crippen molar-refractivity contribution in [1.82, 2.24) is 14.7 Å². The third-order valence-electron chi connectivity index (χ3n) is 7.74. The molecule has 1 atom stereocenters. The lowest BCUT2D eigenvalue weighted by Gasteiger charge is -2.32. The van der Waals surface area contributed by atoms with Gasteiger partial charge in [-0.05, 0) is 34.9 Å². The highest BCUT2D eigenvalue weighted by molar-refractivity contribution is 5.91. The molecule has 1 saturated heterocycles. The van der Waals surface area contributed by atoms with Crippen LogP contribution in [0.1, 0.15) is 27.8 Å². The zero-order chi connectivity index (χ0) is 25.4. The van der Waals surface area contributed by atoms with Crippen molar-refractivity contribution < 1.29 is 9.59 Å². The molecule has 0 N–H and O–H groups in total.